The number of carbonyl (C=O) groups excluding carboxylic acids is 1. The van der Waals surface area contributed by atoms with Gasteiger partial charge in [-0.25, -0.2) is 0 Å². The Morgan fingerprint density at radius 3 is 2.47 bits per heavy atom. The number of hydrogen-bond acceptors (Lipinski definition) is 2. The Bertz CT molecular complexity index is 582. The standard InChI is InChI=1S/C16H17NO2/c1-12-8-11-19-14(12)15(18)17-16(9-5-10-16)13-6-3-2-4-7-13/h2-4,6-8,11H,5,9-10H2,1H3,(H,17,18). The Balaban J connectivity index is 1.85. The van der Waals surface area contributed by atoms with Gasteiger partial charge in [-0.3, -0.25) is 4.79 Å². The van der Waals surface area contributed by atoms with E-state index in [2.05, 4.69) is 17.4 Å². The van der Waals surface area contributed by atoms with Gasteiger partial charge in [-0.05, 0) is 37.8 Å². The van der Waals surface area contributed by atoms with E-state index < -0.39 is 0 Å². The molecule has 1 aliphatic carbocycles. The first kappa shape index (κ1) is 12.0. The van der Waals surface area contributed by atoms with Crippen LogP contribution >= 0.6 is 0 Å². The van der Waals surface area contributed by atoms with Gasteiger partial charge in [-0.2, -0.15) is 0 Å². The van der Waals surface area contributed by atoms with Crippen LogP contribution in [0.2, 0.25) is 0 Å². The van der Waals surface area contributed by atoms with Crippen LogP contribution in [0.1, 0.15) is 40.9 Å². The first-order chi connectivity index (χ1) is 9.21. The van der Waals surface area contributed by atoms with Crippen molar-refractivity contribution in [1.82, 2.24) is 5.32 Å². The summed E-state index contributed by atoms with van der Waals surface area (Å²) in [7, 11) is 0. The molecule has 2 aromatic rings. The molecule has 1 aromatic carbocycles. The summed E-state index contributed by atoms with van der Waals surface area (Å²) >= 11 is 0. The summed E-state index contributed by atoms with van der Waals surface area (Å²) in [4.78, 5) is 12.3. The molecule has 3 heteroatoms. The molecule has 3 rings (SSSR count). The highest BCUT2D eigenvalue weighted by atomic mass is 16.3. The molecule has 1 saturated carbocycles. The van der Waals surface area contributed by atoms with Gasteiger partial charge in [0.05, 0.1) is 11.8 Å². The van der Waals surface area contributed by atoms with E-state index in [-0.39, 0.29) is 11.4 Å². The van der Waals surface area contributed by atoms with E-state index in [1.54, 1.807) is 6.26 Å². The molecule has 1 heterocycles. The van der Waals surface area contributed by atoms with E-state index in [0.29, 0.717) is 5.76 Å². The monoisotopic (exact) mass is 255 g/mol. The van der Waals surface area contributed by atoms with Crippen molar-refractivity contribution in [2.45, 2.75) is 31.7 Å². The number of amides is 1. The van der Waals surface area contributed by atoms with Crippen LogP contribution in [0.3, 0.4) is 0 Å². The van der Waals surface area contributed by atoms with E-state index in [1.807, 2.05) is 31.2 Å². The van der Waals surface area contributed by atoms with Crippen LogP contribution in [0.4, 0.5) is 0 Å². The summed E-state index contributed by atoms with van der Waals surface area (Å²) in [5.41, 5.74) is 1.84. The van der Waals surface area contributed by atoms with Crippen LogP contribution in [0.15, 0.2) is 47.1 Å². The molecular weight excluding hydrogens is 238 g/mol. The predicted molar refractivity (Wildman–Crippen MR) is 72.9 cm³/mol. The van der Waals surface area contributed by atoms with Crippen LogP contribution in [0.5, 0.6) is 0 Å². The minimum atomic E-state index is -0.211. The molecule has 0 spiro atoms. The van der Waals surface area contributed by atoms with E-state index in [0.717, 1.165) is 24.8 Å². The normalized spacial score (nSPS) is 16.7. The molecular formula is C16H17NO2. The summed E-state index contributed by atoms with van der Waals surface area (Å²) in [6.45, 7) is 1.88. The summed E-state index contributed by atoms with van der Waals surface area (Å²) in [5, 5.41) is 3.16. The number of nitrogens with one attached hydrogen (secondary N) is 1. The van der Waals surface area contributed by atoms with Gasteiger partial charge in [0.25, 0.3) is 5.91 Å². The van der Waals surface area contributed by atoms with Gasteiger partial charge in [0.15, 0.2) is 5.76 Å². The van der Waals surface area contributed by atoms with Crippen LogP contribution in [-0.4, -0.2) is 5.91 Å². The Morgan fingerprint density at radius 2 is 1.95 bits per heavy atom. The number of carbonyl (C=O) groups is 1. The van der Waals surface area contributed by atoms with Gasteiger partial charge >= 0.3 is 0 Å². The Labute approximate surface area is 112 Å². The second kappa shape index (κ2) is 4.57. The lowest BCUT2D eigenvalue weighted by Gasteiger charge is -2.43. The predicted octanol–water partition coefficient (Wildman–Crippen LogP) is 3.40. The average Bonchev–Trinajstić information content (AvgIpc) is 2.81. The van der Waals surface area contributed by atoms with Gasteiger partial charge in [-0.1, -0.05) is 30.3 Å². The van der Waals surface area contributed by atoms with Crippen molar-refractivity contribution in [2.24, 2.45) is 0 Å². The number of hydrogen-bond donors (Lipinski definition) is 1. The summed E-state index contributed by atoms with van der Waals surface area (Å²) in [6.07, 6.45) is 4.68. The van der Waals surface area contributed by atoms with Crippen LogP contribution in [0, 0.1) is 6.92 Å². The number of aryl methyl sites for hydroxylation is 1. The SMILES string of the molecule is Cc1ccoc1C(=O)NC1(c2ccccc2)CCC1. The Morgan fingerprint density at radius 1 is 1.21 bits per heavy atom. The highest BCUT2D eigenvalue weighted by Crippen LogP contribution is 2.41. The fourth-order valence-electron chi connectivity index (χ4n) is 2.65. The maximum absolute atomic E-state index is 12.3. The molecule has 0 aliphatic heterocycles. The zero-order valence-corrected chi connectivity index (χ0v) is 11.0. The minimum absolute atomic E-state index is 0.119. The highest BCUT2D eigenvalue weighted by Gasteiger charge is 2.40. The zero-order valence-electron chi connectivity index (χ0n) is 11.0. The molecule has 0 saturated heterocycles. The third-order valence-corrected chi connectivity index (χ3v) is 3.95. The lowest BCUT2D eigenvalue weighted by Crippen LogP contribution is -2.50. The second-order valence-corrected chi connectivity index (χ2v) is 5.19. The lowest BCUT2D eigenvalue weighted by atomic mass is 9.71. The van der Waals surface area contributed by atoms with E-state index in [9.17, 15) is 4.79 Å². The van der Waals surface area contributed by atoms with Crippen LogP contribution in [0.25, 0.3) is 0 Å². The molecule has 0 radical (unpaired) electrons. The lowest BCUT2D eigenvalue weighted by molar-refractivity contribution is 0.0794. The molecule has 1 N–H and O–H groups in total. The third-order valence-electron chi connectivity index (χ3n) is 3.95. The Kier molecular flexibility index (Phi) is 2.90. The van der Waals surface area contributed by atoms with Crippen LogP contribution < -0.4 is 5.32 Å². The zero-order chi connectivity index (χ0) is 13.3. The molecule has 1 aromatic heterocycles. The van der Waals surface area contributed by atoms with Gasteiger partial charge in [0.2, 0.25) is 0 Å². The van der Waals surface area contributed by atoms with Crippen molar-refractivity contribution in [3.8, 4) is 0 Å². The van der Waals surface area contributed by atoms with Gasteiger partial charge in [0.1, 0.15) is 0 Å². The van der Waals surface area contributed by atoms with E-state index in [1.165, 1.54) is 5.56 Å². The molecule has 0 unspecified atom stereocenters. The molecule has 98 valence electrons. The average molecular weight is 255 g/mol. The summed E-state index contributed by atoms with van der Waals surface area (Å²) in [6, 6.07) is 12.0. The van der Waals surface area contributed by atoms with Crippen molar-refractivity contribution in [3.63, 3.8) is 0 Å². The maximum atomic E-state index is 12.3. The molecule has 1 aliphatic rings. The first-order valence-corrected chi connectivity index (χ1v) is 6.63. The number of furan rings is 1. The van der Waals surface area contributed by atoms with Crippen molar-refractivity contribution >= 4 is 5.91 Å². The third kappa shape index (κ3) is 2.05. The summed E-state index contributed by atoms with van der Waals surface area (Å²) < 4.78 is 5.26. The highest BCUT2D eigenvalue weighted by molar-refractivity contribution is 5.93. The maximum Gasteiger partial charge on any atom is 0.287 e. The number of rotatable bonds is 3. The van der Waals surface area contributed by atoms with Gasteiger partial charge in [-0.15, -0.1) is 0 Å². The van der Waals surface area contributed by atoms with E-state index in [4.69, 9.17) is 4.42 Å². The molecule has 3 nitrogen and oxygen atoms in total. The fourth-order valence-corrected chi connectivity index (χ4v) is 2.65. The van der Waals surface area contributed by atoms with Crippen molar-refractivity contribution in [3.05, 3.63) is 59.5 Å². The van der Waals surface area contributed by atoms with E-state index >= 15 is 0 Å². The fraction of sp³-hybridized carbons (Fsp3) is 0.312. The molecule has 0 bridgehead atoms. The molecule has 1 amide bonds. The second-order valence-electron chi connectivity index (χ2n) is 5.19. The topological polar surface area (TPSA) is 42.2 Å². The number of benzene rings is 1. The molecule has 1 fully saturated rings. The molecule has 19 heavy (non-hydrogen) atoms. The summed E-state index contributed by atoms with van der Waals surface area (Å²) in [5.74, 6) is 0.299. The smallest absolute Gasteiger partial charge is 0.287 e. The van der Waals surface area contributed by atoms with Crippen molar-refractivity contribution in [2.75, 3.05) is 0 Å². The Hall–Kier alpha value is -2.03. The first-order valence-electron chi connectivity index (χ1n) is 6.63. The van der Waals surface area contributed by atoms with Crippen LogP contribution in [-0.2, 0) is 5.54 Å². The molecule has 0 atom stereocenters. The van der Waals surface area contributed by atoms with Gasteiger partial charge in [0, 0.05) is 5.56 Å². The van der Waals surface area contributed by atoms with Crippen molar-refractivity contribution in [1.29, 1.82) is 0 Å². The quantitative estimate of drug-likeness (QED) is 0.913. The minimum Gasteiger partial charge on any atom is -0.459 e. The van der Waals surface area contributed by atoms with Crippen molar-refractivity contribution < 1.29 is 9.21 Å². The largest absolute Gasteiger partial charge is 0.459 e. The van der Waals surface area contributed by atoms with Gasteiger partial charge < -0.3 is 9.73 Å².